The summed E-state index contributed by atoms with van der Waals surface area (Å²) in [6, 6.07) is 18.3. The molecule has 0 unspecified atom stereocenters. The summed E-state index contributed by atoms with van der Waals surface area (Å²) in [5.41, 5.74) is 4.31. The molecule has 1 fully saturated rings. The van der Waals surface area contributed by atoms with E-state index in [0.29, 0.717) is 25.8 Å². The van der Waals surface area contributed by atoms with Gasteiger partial charge >= 0.3 is 0 Å². The number of nitrogens with zero attached hydrogens (tertiary/aromatic N) is 4. The Bertz CT molecular complexity index is 1350. The summed E-state index contributed by atoms with van der Waals surface area (Å²) in [5, 5.41) is 16.7. The molecule has 1 aliphatic heterocycles. The van der Waals surface area contributed by atoms with Gasteiger partial charge in [-0.15, -0.1) is 0 Å². The number of sulfonamides is 1. The lowest BCUT2D eigenvalue weighted by atomic mass is 9.97. The number of carbonyl (C=O) groups excluding carboxylic acids is 1. The van der Waals surface area contributed by atoms with E-state index in [1.54, 1.807) is 12.1 Å². The van der Waals surface area contributed by atoms with Crippen LogP contribution in [-0.2, 0) is 21.2 Å². The second-order valence-electron chi connectivity index (χ2n) is 8.83. The van der Waals surface area contributed by atoms with E-state index in [2.05, 4.69) is 10.4 Å². The number of benzene rings is 2. The Labute approximate surface area is 206 Å². The Kier molecular flexibility index (Phi) is 7.34. The van der Waals surface area contributed by atoms with Crippen molar-refractivity contribution in [3.8, 4) is 11.8 Å². The van der Waals surface area contributed by atoms with Crippen LogP contribution in [0.15, 0.2) is 59.5 Å². The normalized spacial score (nSPS) is 15.0. The zero-order chi connectivity index (χ0) is 25.0. The summed E-state index contributed by atoms with van der Waals surface area (Å²) in [7, 11) is -3.76. The molecule has 4 rings (SSSR count). The molecule has 9 heteroatoms. The Balaban J connectivity index is 1.27. The molecule has 0 saturated carbocycles. The number of nitriles is 1. The molecule has 1 saturated heterocycles. The summed E-state index contributed by atoms with van der Waals surface area (Å²) in [4.78, 5) is 12.7. The number of rotatable bonds is 7. The van der Waals surface area contributed by atoms with Crippen molar-refractivity contribution in [2.75, 3.05) is 19.6 Å². The van der Waals surface area contributed by atoms with Gasteiger partial charge in [-0.2, -0.15) is 14.7 Å². The van der Waals surface area contributed by atoms with Crippen LogP contribution in [0.25, 0.3) is 5.69 Å². The zero-order valence-corrected chi connectivity index (χ0v) is 20.8. The van der Waals surface area contributed by atoms with Crippen LogP contribution in [0.2, 0.25) is 0 Å². The maximum atomic E-state index is 13.0. The van der Waals surface area contributed by atoms with Gasteiger partial charge in [0.1, 0.15) is 6.07 Å². The van der Waals surface area contributed by atoms with Gasteiger partial charge in [-0.3, -0.25) is 4.79 Å². The first kappa shape index (κ1) is 24.6. The van der Waals surface area contributed by atoms with Crippen LogP contribution < -0.4 is 5.32 Å². The fourth-order valence-electron chi connectivity index (χ4n) is 4.45. The van der Waals surface area contributed by atoms with Gasteiger partial charge in [0.2, 0.25) is 15.9 Å². The van der Waals surface area contributed by atoms with Crippen LogP contribution in [0.4, 0.5) is 0 Å². The number of aryl methyl sites for hydroxylation is 2. The number of carbonyl (C=O) groups is 1. The van der Waals surface area contributed by atoms with Crippen molar-refractivity contribution >= 4 is 15.9 Å². The topological polar surface area (TPSA) is 108 Å². The van der Waals surface area contributed by atoms with E-state index >= 15 is 0 Å². The highest BCUT2D eigenvalue weighted by Crippen LogP contribution is 2.25. The molecule has 0 aliphatic carbocycles. The first-order valence-electron chi connectivity index (χ1n) is 11.7. The van der Waals surface area contributed by atoms with Crippen molar-refractivity contribution < 1.29 is 13.2 Å². The largest absolute Gasteiger partial charge is 0.356 e. The fraction of sp³-hybridized carbons (Fsp3) is 0.346. The monoisotopic (exact) mass is 491 g/mol. The molecule has 0 spiro atoms. The van der Waals surface area contributed by atoms with Crippen LogP contribution in [0.3, 0.4) is 0 Å². The number of amides is 1. The molecule has 3 aromatic rings. The van der Waals surface area contributed by atoms with Crippen LogP contribution in [0.5, 0.6) is 0 Å². The van der Waals surface area contributed by atoms with Crippen LogP contribution in [0.1, 0.15) is 35.4 Å². The van der Waals surface area contributed by atoms with E-state index in [1.165, 1.54) is 16.4 Å². The highest BCUT2D eigenvalue weighted by molar-refractivity contribution is 7.89. The maximum absolute atomic E-state index is 13.0. The third-order valence-corrected chi connectivity index (χ3v) is 8.31. The standard InChI is InChI=1S/C26H29N5O3S/c1-19-17-20(2)31(29-19)24-9-7-21(8-10-24)11-14-28-26(32)22-12-15-30(16-13-22)35(33,34)25-6-4-3-5-23(25)18-27/h3-10,17,22H,11-16H2,1-2H3,(H,28,32). The highest BCUT2D eigenvalue weighted by Gasteiger charge is 2.33. The minimum absolute atomic E-state index is 0.0225. The molecule has 182 valence electrons. The van der Waals surface area contributed by atoms with Crippen molar-refractivity contribution in [2.24, 2.45) is 5.92 Å². The molecule has 0 bridgehead atoms. The molecular weight excluding hydrogens is 462 g/mol. The minimum Gasteiger partial charge on any atom is -0.356 e. The van der Waals surface area contributed by atoms with Crippen molar-refractivity contribution in [3.05, 3.63) is 77.1 Å². The van der Waals surface area contributed by atoms with E-state index in [0.717, 1.165) is 22.6 Å². The molecule has 1 aromatic heterocycles. The molecule has 2 aromatic carbocycles. The molecule has 1 aliphatic rings. The van der Waals surface area contributed by atoms with Crippen LogP contribution in [0, 0.1) is 31.1 Å². The highest BCUT2D eigenvalue weighted by atomic mass is 32.2. The molecule has 35 heavy (non-hydrogen) atoms. The van der Waals surface area contributed by atoms with Crippen molar-refractivity contribution in [1.82, 2.24) is 19.4 Å². The molecule has 2 heterocycles. The third kappa shape index (κ3) is 5.45. The maximum Gasteiger partial charge on any atom is 0.244 e. The average molecular weight is 492 g/mol. The fourth-order valence-corrected chi connectivity index (χ4v) is 6.06. The summed E-state index contributed by atoms with van der Waals surface area (Å²) >= 11 is 0. The van der Waals surface area contributed by atoms with Gasteiger partial charge in [0.25, 0.3) is 0 Å². The summed E-state index contributed by atoms with van der Waals surface area (Å²) in [6.07, 6.45) is 1.62. The number of aromatic nitrogens is 2. The first-order valence-corrected chi connectivity index (χ1v) is 13.1. The molecule has 0 radical (unpaired) electrons. The van der Waals surface area contributed by atoms with E-state index in [1.807, 2.05) is 54.9 Å². The number of hydrogen-bond acceptors (Lipinski definition) is 5. The number of piperidine rings is 1. The van der Waals surface area contributed by atoms with E-state index in [4.69, 9.17) is 0 Å². The first-order chi connectivity index (χ1) is 16.8. The number of hydrogen-bond donors (Lipinski definition) is 1. The predicted molar refractivity (Wildman–Crippen MR) is 132 cm³/mol. The van der Waals surface area contributed by atoms with Crippen molar-refractivity contribution in [1.29, 1.82) is 5.26 Å². The van der Waals surface area contributed by atoms with Crippen LogP contribution >= 0.6 is 0 Å². The van der Waals surface area contributed by atoms with Gasteiger partial charge in [-0.1, -0.05) is 24.3 Å². The van der Waals surface area contributed by atoms with E-state index in [-0.39, 0.29) is 35.4 Å². The summed E-state index contributed by atoms with van der Waals surface area (Å²) < 4.78 is 29.2. The van der Waals surface area contributed by atoms with Crippen molar-refractivity contribution in [2.45, 2.75) is 38.0 Å². The second kappa shape index (κ2) is 10.4. The van der Waals surface area contributed by atoms with Gasteiger partial charge < -0.3 is 5.32 Å². The number of nitrogens with one attached hydrogen (secondary N) is 1. The van der Waals surface area contributed by atoms with E-state index < -0.39 is 10.0 Å². The molecule has 8 nitrogen and oxygen atoms in total. The Morgan fingerprint density at radius 3 is 2.43 bits per heavy atom. The van der Waals surface area contributed by atoms with Gasteiger partial charge in [0.05, 0.1) is 21.8 Å². The second-order valence-corrected chi connectivity index (χ2v) is 10.7. The van der Waals surface area contributed by atoms with E-state index in [9.17, 15) is 18.5 Å². The smallest absolute Gasteiger partial charge is 0.244 e. The van der Waals surface area contributed by atoms with Gasteiger partial charge in [-0.25, -0.2) is 13.1 Å². The lowest BCUT2D eigenvalue weighted by Crippen LogP contribution is -2.43. The van der Waals surface area contributed by atoms with Gasteiger partial charge in [0, 0.05) is 31.2 Å². The van der Waals surface area contributed by atoms with Crippen LogP contribution in [-0.4, -0.2) is 48.0 Å². The zero-order valence-electron chi connectivity index (χ0n) is 19.9. The molecule has 1 N–H and O–H groups in total. The Morgan fingerprint density at radius 1 is 1.11 bits per heavy atom. The molecular formula is C26H29N5O3S. The predicted octanol–water partition coefficient (Wildman–Crippen LogP) is 3.12. The quantitative estimate of drug-likeness (QED) is 0.546. The third-order valence-electron chi connectivity index (χ3n) is 6.35. The lowest BCUT2D eigenvalue weighted by molar-refractivity contribution is -0.126. The van der Waals surface area contributed by atoms with Gasteiger partial charge in [-0.05, 0) is 69.0 Å². The summed E-state index contributed by atoms with van der Waals surface area (Å²) in [5.74, 6) is -0.264. The average Bonchev–Trinajstić information content (AvgIpc) is 3.22. The SMILES string of the molecule is Cc1cc(C)n(-c2ccc(CCNC(=O)C3CCN(S(=O)(=O)c4ccccc4C#N)CC3)cc2)n1. The lowest BCUT2D eigenvalue weighted by Gasteiger charge is -2.30. The minimum atomic E-state index is -3.76. The summed E-state index contributed by atoms with van der Waals surface area (Å²) in [6.45, 7) is 5.03. The Hall–Kier alpha value is -3.48. The Morgan fingerprint density at radius 2 is 1.80 bits per heavy atom. The van der Waals surface area contributed by atoms with Crippen molar-refractivity contribution in [3.63, 3.8) is 0 Å². The molecule has 1 amide bonds. The molecule has 0 atom stereocenters. The van der Waals surface area contributed by atoms with Gasteiger partial charge in [0.15, 0.2) is 0 Å².